The lowest BCUT2D eigenvalue weighted by atomic mass is 9.44. The number of nitrogens with zero attached hydrogens (tertiary/aromatic N) is 1. The molecular formula is C29H31F2NO8S2. The van der Waals surface area contributed by atoms with Gasteiger partial charge >= 0.3 is 11.9 Å². The van der Waals surface area contributed by atoms with Gasteiger partial charge in [-0.3, -0.25) is 4.79 Å². The number of aliphatic hydroxyl groups excluding tert-OH is 1. The van der Waals surface area contributed by atoms with Gasteiger partial charge in [-0.05, 0) is 62.0 Å². The summed E-state index contributed by atoms with van der Waals surface area (Å²) < 4.78 is 68.4. The number of aliphatic hydroxyl groups is 1. The molecule has 4 aliphatic carbocycles. The number of nitriles is 1. The molecular weight excluding hydrogens is 592 g/mol. The summed E-state index contributed by atoms with van der Waals surface area (Å²) in [6, 6.07) is 4.19. The largest absolute Gasteiger partial charge is 0.447 e. The summed E-state index contributed by atoms with van der Waals surface area (Å²) >= 11 is 0.652. The van der Waals surface area contributed by atoms with E-state index in [0.29, 0.717) is 11.3 Å². The van der Waals surface area contributed by atoms with Crippen molar-refractivity contribution in [3.05, 3.63) is 40.8 Å². The predicted molar refractivity (Wildman–Crippen MR) is 145 cm³/mol. The van der Waals surface area contributed by atoms with Gasteiger partial charge in [0.2, 0.25) is 5.60 Å². The van der Waals surface area contributed by atoms with Crippen molar-refractivity contribution < 1.29 is 46.2 Å². The van der Waals surface area contributed by atoms with Crippen molar-refractivity contribution in [2.45, 2.75) is 67.8 Å². The molecule has 0 saturated heterocycles. The number of hydrogen-bond donors (Lipinski definition) is 1. The smallest absolute Gasteiger partial charge is 0.352 e. The van der Waals surface area contributed by atoms with Crippen molar-refractivity contribution in [2.75, 3.05) is 12.9 Å². The van der Waals surface area contributed by atoms with E-state index in [2.05, 4.69) is 0 Å². The lowest BCUT2D eigenvalue weighted by Crippen LogP contribution is -2.71. The normalized spacial score (nSPS) is 40.7. The van der Waals surface area contributed by atoms with Gasteiger partial charge < -0.3 is 14.6 Å². The Labute approximate surface area is 246 Å². The van der Waals surface area contributed by atoms with Crippen LogP contribution >= 0.6 is 11.3 Å². The van der Waals surface area contributed by atoms with Crippen LogP contribution in [-0.2, 0) is 28.9 Å². The van der Waals surface area contributed by atoms with Crippen LogP contribution in [0.1, 0.15) is 49.7 Å². The van der Waals surface area contributed by atoms with E-state index in [1.807, 2.05) is 0 Å². The Morgan fingerprint density at radius 3 is 2.55 bits per heavy atom. The zero-order chi connectivity index (χ0) is 31.0. The van der Waals surface area contributed by atoms with Crippen molar-refractivity contribution in [1.82, 2.24) is 0 Å². The molecule has 1 aromatic rings. The van der Waals surface area contributed by atoms with E-state index in [1.165, 1.54) is 25.1 Å². The number of fused-ring (bicyclic) bond motifs is 5. The Kier molecular flexibility index (Phi) is 7.11. The molecule has 3 fully saturated rings. The first kappa shape index (κ1) is 30.5. The van der Waals surface area contributed by atoms with Gasteiger partial charge in [0.25, 0.3) is 0 Å². The van der Waals surface area contributed by atoms with Crippen LogP contribution in [0.25, 0.3) is 0 Å². The number of ketones is 1. The minimum absolute atomic E-state index is 0.0482. The highest BCUT2D eigenvalue weighted by molar-refractivity contribution is 7.92. The summed E-state index contributed by atoms with van der Waals surface area (Å²) in [5.41, 5.74) is -7.71. The van der Waals surface area contributed by atoms with Crippen molar-refractivity contribution in [2.24, 2.45) is 28.6 Å². The molecule has 9 atom stereocenters. The standard InChI is InChI=1S/C29H31F2NO8S2/c1-15-11-17-18-13-20(30)19-12-16(33)7-8-26(19,2)28(18,31)22(34)14-27(17,3)29(15,25(36)39-10-9-32)40-24(35)21-5-6-23(41-21)42(4,37)38/h5-8,12,15,17-18,20,22,34H,10-11,13-14H2,1-4H3/t15-,17+,18+,20+,22+,26+,27+,28?,29+/m1/s1. The molecule has 0 amide bonds. The number of allylic oxidation sites excluding steroid dienone is 4. The summed E-state index contributed by atoms with van der Waals surface area (Å²) in [7, 11) is -3.64. The fourth-order valence-electron chi connectivity index (χ4n) is 8.25. The van der Waals surface area contributed by atoms with Crippen LogP contribution in [0.15, 0.2) is 40.1 Å². The van der Waals surface area contributed by atoms with Crippen LogP contribution in [0.5, 0.6) is 0 Å². The number of halogens is 2. The van der Waals surface area contributed by atoms with Crippen LogP contribution in [-0.4, -0.2) is 67.7 Å². The number of rotatable bonds is 5. The quantitative estimate of drug-likeness (QED) is 0.485. The maximum absolute atomic E-state index is 17.5. The highest BCUT2D eigenvalue weighted by atomic mass is 32.2. The zero-order valence-corrected chi connectivity index (χ0v) is 25.1. The summed E-state index contributed by atoms with van der Waals surface area (Å²) in [6.45, 7) is 3.96. The van der Waals surface area contributed by atoms with Gasteiger partial charge in [-0.1, -0.05) is 19.9 Å². The average Bonchev–Trinajstić information content (AvgIpc) is 3.49. The van der Waals surface area contributed by atoms with Gasteiger partial charge in [0, 0.05) is 28.9 Å². The second kappa shape index (κ2) is 9.79. The second-order valence-corrected chi connectivity index (χ2v) is 15.6. The summed E-state index contributed by atoms with van der Waals surface area (Å²) in [6.07, 6.45) is 0.391. The predicted octanol–water partition coefficient (Wildman–Crippen LogP) is 3.68. The fourth-order valence-corrected chi connectivity index (χ4v) is 10.1. The monoisotopic (exact) mass is 623 g/mol. The maximum atomic E-state index is 17.5. The second-order valence-electron chi connectivity index (χ2n) is 12.2. The van der Waals surface area contributed by atoms with Crippen molar-refractivity contribution in [1.29, 1.82) is 5.26 Å². The van der Waals surface area contributed by atoms with Gasteiger partial charge in [-0.15, -0.1) is 11.3 Å². The summed E-state index contributed by atoms with van der Waals surface area (Å²) in [5, 5.41) is 20.7. The average molecular weight is 624 g/mol. The first-order chi connectivity index (χ1) is 19.5. The molecule has 0 spiro atoms. The molecule has 3 saturated carbocycles. The van der Waals surface area contributed by atoms with Crippen LogP contribution in [0, 0.1) is 39.9 Å². The highest BCUT2D eigenvalue weighted by Gasteiger charge is 2.78. The van der Waals surface area contributed by atoms with E-state index in [9.17, 15) is 27.9 Å². The summed E-state index contributed by atoms with van der Waals surface area (Å²) in [5.74, 6) is -5.32. The van der Waals surface area contributed by atoms with Crippen molar-refractivity contribution in [3.63, 3.8) is 0 Å². The third-order valence-corrected chi connectivity index (χ3v) is 13.0. The molecule has 0 aromatic carbocycles. The minimum Gasteiger partial charge on any atom is -0.447 e. The van der Waals surface area contributed by atoms with E-state index < -0.39 is 86.3 Å². The number of thiophene rings is 1. The molecule has 0 bridgehead atoms. The number of hydrogen-bond acceptors (Lipinski definition) is 10. The molecule has 13 heteroatoms. The number of esters is 2. The lowest BCUT2D eigenvalue weighted by molar-refractivity contribution is -0.230. The number of alkyl halides is 2. The Hall–Kier alpha value is -2.95. The molecule has 1 heterocycles. The molecule has 9 nitrogen and oxygen atoms in total. The first-order valence-electron chi connectivity index (χ1n) is 13.5. The molecule has 42 heavy (non-hydrogen) atoms. The first-order valence-corrected chi connectivity index (χ1v) is 16.2. The van der Waals surface area contributed by atoms with E-state index >= 15 is 8.78 Å². The van der Waals surface area contributed by atoms with Crippen molar-refractivity contribution in [3.8, 4) is 6.07 Å². The Morgan fingerprint density at radius 2 is 1.93 bits per heavy atom. The number of sulfone groups is 1. The topological polar surface area (TPSA) is 148 Å². The van der Waals surface area contributed by atoms with E-state index in [0.717, 1.165) is 18.4 Å². The van der Waals surface area contributed by atoms with Gasteiger partial charge in [-0.2, -0.15) is 5.26 Å². The van der Waals surface area contributed by atoms with Crippen LogP contribution in [0.4, 0.5) is 8.78 Å². The van der Waals surface area contributed by atoms with Crippen LogP contribution in [0.3, 0.4) is 0 Å². The number of carbonyl (C=O) groups excluding carboxylic acids is 3. The molecule has 1 N–H and O–H groups in total. The maximum Gasteiger partial charge on any atom is 0.352 e. The number of carbonyl (C=O) groups is 3. The van der Waals surface area contributed by atoms with Gasteiger partial charge in [0.1, 0.15) is 21.3 Å². The molecule has 4 aliphatic rings. The molecule has 0 aliphatic heterocycles. The molecule has 1 aromatic heterocycles. The van der Waals surface area contributed by atoms with Gasteiger partial charge in [0.05, 0.1) is 6.10 Å². The van der Waals surface area contributed by atoms with E-state index in [-0.39, 0.29) is 33.9 Å². The SMILES string of the molecule is C[C@@H]1C[C@H]2[C@@H]3C[C@H](F)C4=CC(=O)C=C[C@]4(C)C3(F)[C@@H](O)C[C@]2(C)[C@@]1(OC(=O)c1ccc(S(C)(=O)=O)s1)C(=O)OCC#N. The Bertz CT molecular complexity index is 1580. The number of ether oxygens (including phenoxy) is 2. The van der Waals surface area contributed by atoms with Crippen molar-refractivity contribution >= 4 is 38.9 Å². The third-order valence-electron chi connectivity index (χ3n) is 10.1. The van der Waals surface area contributed by atoms with Gasteiger partial charge in [0.15, 0.2) is 27.9 Å². The highest BCUT2D eigenvalue weighted by Crippen LogP contribution is 2.71. The third kappa shape index (κ3) is 3.98. The molecule has 5 rings (SSSR count). The molecule has 0 radical (unpaired) electrons. The fraction of sp³-hybridized carbons (Fsp3) is 0.586. The Balaban J connectivity index is 1.62. The van der Waals surface area contributed by atoms with Crippen LogP contribution < -0.4 is 0 Å². The molecule has 1 unspecified atom stereocenters. The minimum atomic E-state index is -3.64. The summed E-state index contributed by atoms with van der Waals surface area (Å²) in [4.78, 5) is 39.3. The van der Waals surface area contributed by atoms with Crippen LogP contribution in [0.2, 0.25) is 0 Å². The lowest BCUT2D eigenvalue weighted by Gasteiger charge is -2.63. The van der Waals surface area contributed by atoms with E-state index in [1.54, 1.807) is 19.9 Å². The van der Waals surface area contributed by atoms with Gasteiger partial charge in [-0.25, -0.2) is 26.8 Å². The molecule has 226 valence electrons. The van der Waals surface area contributed by atoms with E-state index in [4.69, 9.17) is 14.7 Å². The zero-order valence-electron chi connectivity index (χ0n) is 23.4. The Morgan fingerprint density at radius 1 is 1.24 bits per heavy atom.